The molecule has 9 nitrogen and oxygen atoms in total. The second-order valence-corrected chi connectivity index (χ2v) is 10.1. The Kier molecular flexibility index (Phi) is 7.25. The van der Waals surface area contributed by atoms with Crippen molar-refractivity contribution in [2.24, 2.45) is 5.92 Å². The molecule has 1 fully saturated rings. The summed E-state index contributed by atoms with van der Waals surface area (Å²) in [5.41, 5.74) is -0.960. The van der Waals surface area contributed by atoms with Crippen LogP contribution in [0.15, 0.2) is 32.7 Å². The Morgan fingerprint density at radius 1 is 1.26 bits per heavy atom. The van der Waals surface area contributed by atoms with E-state index in [2.05, 4.69) is 10.3 Å². The summed E-state index contributed by atoms with van der Waals surface area (Å²) >= 11 is 12.0. The molecule has 3 rings (SSSR count). The van der Waals surface area contributed by atoms with Crippen LogP contribution < -0.4 is 16.6 Å². The van der Waals surface area contributed by atoms with Crippen molar-refractivity contribution in [3.8, 4) is 0 Å². The Morgan fingerprint density at radius 2 is 2.00 bits per heavy atom. The normalized spacial score (nSPS) is 17.5. The molecule has 1 amide bonds. The maximum Gasteiger partial charge on any atom is 0.325 e. The first-order valence-electron chi connectivity index (χ1n) is 9.64. The molecule has 1 saturated heterocycles. The number of carbonyl (C=O) groups is 1. The molecule has 0 unspecified atom stereocenters. The Hall–Kier alpha value is -2.14. The van der Waals surface area contributed by atoms with Crippen LogP contribution in [0.4, 0.5) is 0 Å². The van der Waals surface area contributed by atoms with Gasteiger partial charge >= 0.3 is 5.69 Å². The minimum absolute atomic E-state index is 0.0415. The van der Waals surface area contributed by atoms with Crippen molar-refractivity contribution < 1.29 is 13.2 Å². The van der Waals surface area contributed by atoms with Crippen molar-refractivity contribution >= 4 is 39.1 Å². The summed E-state index contributed by atoms with van der Waals surface area (Å²) in [6.07, 6.45) is 1.50. The molecule has 0 spiro atoms. The summed E-state index contributed by atoms with van der Waals surface area (Å²) in [5.74, 6) is -0.816. The standard InChI is InChI=1S/C19H22Cl2N4O5S/c1-11-16(18(27)24-19(28)23-11)31(29,30)25-8-2-3-13(10-25)17(26)22-7-6-12-4-5-14(20)9-15(12)21/h4-5,9,13H,2-3,6-8,10H2,1H3,(H,22,26)(H2,23,24,27,28)/t13-/m1/s1. The smallest absolute Gasteiger partial charge is 0.325 e. The number of amides is 1. The molecule has 1 aromatic heterocycles. The minimum Gasteiger partial charge on any atom is -0.355 e. The van der Waals surface area contributed by atoms with Gasteiger partial charge in [0.1, 0.15) is 0 Å². The van der Waals surface area contributed by atoms with Gasteiger partial charge in [-0.1, -0.05) is 29.3 Å². The number of hydrogen-bond acceptors (Lipinski definition) is 5. The van der Waals surface area contributed by atoms with Gasteiger partial charge in [0.2, 0.25) is 15.9 Å². The lowest BCUT2D eigenvalue weighted by Crippen LogP contribution is -2.47. The van der Waals surface area contributed by atoms with Crippen LogP contribution in [0.5, 0.6) is 0 Å². The van der Waals surface area contributed by atoms with Crippen LogP contribution in [-0.2, 0) is 21.2 Å². The summed E-state index contributed by atoms with van der Waals surface area (Å²) in [7, 11) is -4.17. The highest BCUT2D eigenvalue weighted by Crippen LogP contribution is 2.24. The van der Waals surface area contributed by atoms with Gasteiger partial charge in [-0.3, -0.25) is 14.6 Å². The van der Waals surface area contributed by atoms with Gasteiger partial charge in [-0.2, -0.15) is 4.31 Å². The van der Waals surface area contributed by atoms with E-state index in [0.717, 1.165) is 9.87 Å². The van der Waals surface area contributed by atoms with E-state index in [4.69, 9.17) is 23.2 Å². The van der Waals surface area contributed by atoms with E-state index < -0.39 is 32.1 Å². The van der Waals surface area contributed by atoms with Crippen LogP contribution in [0.1, 0.15) is 24.1 Å². The molecule has 0 radical (unpaired) electrons. The summed E-state index contributed by atoms with van der Waals surface area (Å²) < 4.78 is 27.1. The number of carbonyl (C=O) groups excluding carboxylic acids is 1. The number of aromatic nitrogens is 2. The molecule has 0 bridgehead atoms. The first-order valence-corrected chi connectivity index (χ1v) is 11.8. The predicted molar refractivity (Wildman–Crippen MR) is 117 cm³/mol. The van der Waals surface area contributed by atoms with E-state index >= 15 is 0 Å². The van der Waals surface area contributed by atoms with Gasteiger partial charge in [-0.05, 0) is 43.9 Å². The number of nitrogens with one attached hydrogen (secondary N) is 3. The Morgan fingerprint density at radius 3 is 2.68 bits per heavy atom. The third kappa shape index (κ3) is 5.38. The van der Waals surface area contributed by atoms with Gasteiger partial charge in [0.15, 0.2) is 4.90 Å². The maximum absolute atomic E-state index is 13.0. The van der Waals surface area contributed by atoms with Crippen molar-refractivity contribution in [1.82, 2.24) is 19.6 Å². The van der Waals surface area contributed by atoms with Gasteiger partial charge in [-0.25, -0.2) is 13.2 Å². The summed E-state index contributed by atoms with van der Waals surface area (Å²) in [4.78, 5) is 39.8. The molecule has 3 N–H and O–H groups in total. The van der Waals surface area contributed by atoms with Crippen molar-refractivity contribution in [1.29, 1.82) is 0 Å². The average Bonchev–Trinajstić information content (AvgIpc) is 2.68. The fourth-order valence-electron chi connectivity index (χ4n) is 3.59. The van der Waals surface area contributed by atoms with E-state index in [1.54, 1.807) is 18.2 Å². The molecule has 31 heavy (non-hydrogen) atoms. The number of sulfonamides is 1. The predicted octanol–water partition coefficient (Wildman–Crippen LogP) is 1.44. The number of nitrogens with zero attached hydrogens (tertiary/aromatic N) is 1. The van der Waals surface area contributed by atoms with Crippen molar-refractivity contribution in [2.45, 2.75) is 31.1 Å². The lowest BCUT2D eigenvalue weighted by atomic mass is 9.99. The monoisotopic (exact) mass is 488 g/mol. The number of aromatic amines is 2. The fourth-order valence-corrected chi connectivity index (χ4v) is 5.82. The highest BCUT2D eigenvalue weighted by Gasteiger charge is 2.35. The number of piperidine rings is 1. The summed E-state index contributed by atoms with van der Waals surface area (Å²) in [5, 5.41) is 3.86. The average molecular weight is 489 g/mol. The number of rotatable bonds is 6. The Bertz CT molecular complexity index is 1210. The molecule has 12 heteroatoms. The summed E-state index contributed by atoms with van der Waals surface area (Å²) in [6, 6.07) is 5.13. The van der Waals surface area contributed by atoms with Crippen LogP contribution >= 0.6 is 23.2 Å². The first kappa shape index (κ1) is 23.5. The highest BCUT2D eigenvalue weighted by atomic mass is 35.5. The van der Waals surface area contributed by atoms with Crippen LogP contribution in [0.3, 0.4) is 0 Å². The third-order valence-electron chi connectivity index (χ3n) is 5.14. The Labute approximate surface area is 188 Å². The molecule has 0 aliphatic carbocycles. The van der Waals surface area contributed by atoms with Crippen LogP contribution in [0, 0.1) is 12.8 Å². The van der Waals surface area contributed by atoms with Crippen molar-refractivity contribution in [2.75, 3.05) is 19.6 Å². The number of halogens is 2. The van der Waals surface area contributed by atoms with E-state index in [1.807, 2.05) is 4.98 Å². The zero-order valence-corrected chi connectivity index (χ0v) is 19.0. The molecule has 1 aromatic carbocycles. The molecular formula is C19H22Cl2N4O5S. The maximum atomic E-state index is 13.0. The van der Waals surface area contributed by atoms with Crippen molar-refractivity contribution in [3.05, 3.63) is 60.3 Å². The van der Waals surface area contributed by atoms with Gasteiger partial charge in [-0.15, -0.1) is 0 Å². The second kappa shape index (κ2) is 9.56. The molecule has 168 valence electrons. The highest BCUT2D eigenvalue weighted by molar-refractivity contribution is 7.89. The lowest BCUT2D eigenvalue weighted by molar-refractivity contribution is -0.126. The van der Waals surface area contributed by atoms with E-state index in [1.165, 1.54) is 6.92 Å². The minimum atomic E-state index is -4.17. The van der Waals surface area contributed by atoms with E-state index in [-0.39, 0.29) is 24.7 Å². The number of aryl methyl sites for hydroxylation is 1. The zero-order chi connectivity index (χ0) is 22.8. The lowest BCUT2D eigenvalue weighted by Gasteiger charge is -2.31. The fraction of sp³-hybridized carbons (Fsp3) is 0.421. The quantitative estimate of drug-likeness (QED) is 0.565. The zero-order valence-electron chi connectivity index (χ0n) is 16.7. The second-order valence-electron chi connectivity index (χ2n) is 7.34. The van der Waals surface area contributed by atoms with Crippen molar-refractivity contribution in [3.63, 3.8) is 0 Å². The van der Waals surface area contributed by atoms with E-state index in [0.29, 0.717) is 35.9 Å². The van der Waals surface area contributed by atoms with Crippen LogP contribution in [0.2, 0.25) is 10.0 Å². The third-order valence-corrected chi connectivity index (χ3v) is 7.74. The molecule has 2 aromatic rings. The number of benzene rings is 1. The number of H-pyrrole nitrogens is 2. The largest absolute Gasteiger partial charge is 0.355 e. The van der Waals surface area contributed by atoms with E-state index in [9.17, 15) is 22.8 Å². The van der Waals surface area contributed by atoms with Gasteiger partial charge in [0.05, 0.1) is 5.92 Å². The molecule has 1 atom stereocenters. The SMILES string of the molecule is Cc1[nH]c(=O)[nH]c(=O)c1S(=O)(=O)N1CCC[C@@H](C(=O)NCCc2ccc(Cl)cc2Cl)C1. The molecule has 1 aliphatic rings. The van der Waals surface area contributed by atoms with Crippen LogP contribution in [-0.4, -0.2) is 48.2 Å². The molecular weight excluding hydrogens is 467 g/mol. The topological polar surface area (TPSA) is 132 Å². The van der Waals surface area contributed by atoms with Gasteiger partial charge < -0.3 is 10.3 Å². The van der Waals surface area contributed by atoms with Crippen LogP contribution in [0.25, 0.3) is 0 Å². The molecule has 1 aliphatic heterocycles. The van der Waals surface area contributed by atoms with Gasteiger partial charge in [0.25, 0.3) is 5.56 Å². The van der Waals surface area contributed by atoms with Gasteiger partial charge in [0, 0.05) is 35.4 Å². The molecule has 0 saturated carbocycles. The Balaban J connectivity index is 1.66. The number of hydrogen-bond donors (Lipinski definition) is 3. The molecule has 2 heterocycles. The summed E-state index contributed by atoms with van der Waals surface area (Å²) in [6.45, 7) is 1.82. The first-order chi connectivity index (χ1) is 14.6.